The van der Waals surface area contributed by atoms with E-state index in [2.05, 4.69) is 21.4 Å². The fourth-order valence-corrected chi connectivity index (χ4v) is 3.12. The first-order valence-corrected chi connectivity index (χ1v) is 9.85. The molecule has 2 atom stereocenters. The summed E-state index contributed by atoms with van der Waals surface area (Å²) in [6, 6.07) is 17.6. The molecule has 3 rings (SSSR count). The van der Waals surface area contributed by atoms with Gasteiger partial charge < -0.3 is 4.74 Å². The molecule has 1 saturated heterocycles. The van der Waals surface area contributed by atoms with E-state index in [1.807, 2.05) is 81.4 Å². The summed E-state index contributed by atoms with van der Waals surface area (Å²) in [5.41, 5.74) is 12.0. The molecule has 2 unspecified atom stereocenters. The maximum absolute atomic E-state index is 12.4. The first-order valence-electron chi connectivity index (χ1n) is 9.85. The average molecular weight is 393 g/mol. The zero-order chi connectivity index (χ0) is 20.6. The highest BCUT2D eigenvalue weighted by Crippen LogP contribution is 2.24. The van der Waals surface area contributed by atoms with Crippen LogP contribution in [-0.4, -0.2) is 24.3 Å². The van der Waals surface area contributed by atoms with Crippen LogP contribution in [0.25, 0.3) is 6.08 Å². The van der Waals surface area contributed by atoms with Crippen LogP contribution in [0.1, 0.15) is 44.4 Å². The molecule has 1 aliphatic rings. The molecule has 1 amide bonds. The third-order valence-electron chi connectivity index (χ3n) is 4.51. The van der Waals surface area contributed by atoms with Crippen molar-refractivity contribution in [1.29, 1.82) is 0 Å². The summed E-state index contributed by atoms with van der Waals surface area (Å²) in [5.74, 6) is 0.681. The number of hydrazone groups is 1. The van der Waals surface area contributed by atoms with Gasteiger partial charge in [0.15, 0.2) is 0 Å². The molecule has 2 aromatic rings. The number of carbonyl (C=O) groups is 1. The van der Waals surface area contributed by atoms with Crippen molar-refractivity contribution in [3.8, 4) is 5.75 Å². The van der Waals surface area contributed by atoms with Gasteiger partial charge in [0.2, 0.25) is 0 Å². The van der Waals surface area contributed by atoms with Crippen LogP contribution in [0.2, 0.25) is 0 Å². The van der Waals surface area contributed by atoms with Gasteiger partial charge in [-0.3, -0.25) is 4.79 Å². The van der Waals surface area contributed by atoms with Gasteiger partial charge in [-0.15, -0.1) is 0 Å². The van der Waals surface area contributed by atoms with Crippen molar-refractivity contribution in [3.05, 3.63) is 71.3 Å². The lowest BCUT2D eigenvalue weighted by Crippen LogP contribution is -2.41. The molecule has 152 valence electrons. The van der Waals surface area contributed by atoms with Crippen LogP contribution in [0, 0.1) is 0 Å². The zero-order valence-electron chi connectivity index (χ0n) is 17.1. The maximum atomic E-state index is 12.4. The lowest BCUT2D eigenvalue weighted by atomic mass is 10.0. The van der Waals surface area contributed by atoms with Gasteiger partial charge in [-0.2, -0.15) is 5.10 Å². The Morgan fingerprint density at radius 2 is 1.86 bits per heavy atom. The number of benzene rings is 2. The number of nitrogens with zero attached hydrogens (tertiary/aromatic N) is 1. The molecule has 0 spiro atoms. The number of ether oxygens (including phenoxy) is 1. The Bertz CT molecular complexity index is 860. The Morgan fingerprint density at radius 1 is 1.14 bits per heavy atom. The Kier molecular flexibility index (Phi) is 7.16. The van der Waals surface area contributed by atoms with Gasteiger partial charge in [0.05, 0.1) is 12.3 Å². The highest BCUT2D eigenvalue weighted by Gasteiger charge is 2.30. The van der Waals surface area contributed by atoms with Crippen molar-refractivity contribution >= 4 is 18.2 Å². The van der Waals surface area contributed by atoms with E-state index in [-0.39, 0.29) is 24.1 Å². The normalized spacial score (nSPS) is 19.7. The Balaban J connectivity index is 1.49. The van der Waals surface area contributed by atoms with E-state index in [4.69, 9.17) is 4.74 Å². The summed E-state index contributed by atoms with van der Waals surface area (Å²) >= 11 is 0. The topological polar surface area (TPSA) is 74.8 Å². The molecule has 0 aliphatic carbocycles. The molecule has 0 radical (unpaired) electrons. The SMILES string of the molecule is CC(/C=N/NC(=O)C1CC(c2ccc(OC(C)C)cc2)NN1)=C\c1ccccc1. The molecule has 0 saturated carbocycles. The molecular formula is C23H28N4O2. The van der Waals surface area contributed by atoms with Gasteiger partial charge in [0, 0.05) is 6.04 Å². The van der Waals surface area contributed by atoms with Crippen LogP contribution in [0.15, 0.2) is 65.3 Å². The van der Waals surface area contributed by atoms with Crippen molar-refractivity contribution in [1.82, 2.24) is 16.3 Å². The lowest BCUT2D eigenvalue weighted by molar-refractivity contribution is -0.122. The summed E-state index contributed by atoms with van der Waals surface area (Å²) in [6.07, 6.45) is 4.45. The highest BCUT2D eigenvalue weighted by molar-refractivity contribution is 5.87. The van der Waals surface area contributed by atoms with Gasteiger partial charge in [-0.1, -0.05) is 48.5 Å². The predicted molar refractivity (Wildman–Crippen MR) is 116 cm³/mol. The minimum absolute atomic E-state index is 0.0579. The molecule has 6 heteroatoms. The number of carbonyl (C=O) groups excluding carboxylic acids is 1. The smallest absolute Gasteiger partial charge is 0.258 e. The van der Waals surface area contributed by atoms with Gasteiger partial charge in [-0.25, -0.2) is 16.3 Å². The summed E-state index contributed by atoms with van der Waals surface area (Å²) < 4.78 is 5.67. The first kappa shape index (κ1) is 20.8. The van der Waals surface area contributed by atoms with E-state index in [0.29, 0.717) is 6.42 Å². The number of allylic oxidation sites excluding steroid dienone is 1. The van der Waals surface area contributed by atoms with Crippen LogP contribution in [0.3, 0.4) is 0 Å². The molecule has 1 heterocycles. The molecule has 3 N–H and O–H groups in total. The van der Waals surface area contributed by atoms with Crippen LogP contribution in [0.5, 0.6) is 5.75 Å². The van der Waals surface area contributed by atoms with Crippen molar-refractivity contribution in [2.45, 2.75) is 45.4 Å². The third kappa shape index (κ3) is 6.27. The Hall–Kier alpha value is -2.96. The Morgan fingerprint density at radius 3 is 2.55 bits per heavy atom. The molecule has 6 nitrogen and oxygen atoms in total. The second-order valence-electron chi connectivity index (χ2n) is 7.40. The predicted octanol–water partition coefficient (Wildman–Crippen LogP) is 3.59. The van der Waals surface area contributed by atoms with E-state index in [1.165, 1.54) is 0 Å². The molecule has 2 aromatic carbocycles. The third-order valence-corrected chi connectivity index (χ3v) is 4.51. The van der Waals surface area contributed by atoms with Gasteiger partial charge in [0.25, 0.3) is 5.91 Å². The lowest BCUT2D eigenvalue weighted by Gasteiger charge is -2.13. The summed E-state index contributed by atoms with van der Waals surface area (Å²) in [7, 11) is 0. The second kappa shape index (κ2) is 10.0. The van der Waals surface area contributed by atoms with E-state index in [0.717, 1.165) is 22.4 Å². The van der Waals surface area contributed by atoms with Crippen molar-refractivity contribution in [3.63, 3.8) is 0 Å². The molecule has 29 heavy (non-hydrogen) atoms. The summed E-state index contributed by atoms with van der Waals surface area (Å²) in [6.45, 7) is 5.95. The van der Waals surface area contributed by atoms with Gasteiger partial charge in [0.1, 0.15) is 11.8 Å². The standard InChI is InChI=1S/C23H28N4O2/c1-16(2)29-20-11-9-19(10-12-20)21-14-22(26-25-21)23(28)27-24-15-17(3)13-18-7-5-4-6-8-18/h4-13,15-16,21-22,25-26H,14H2,1-3H3,(H,27,28)/b17-13+,24-15+. The van der Waals surface area contributed by atoms with Crippen molar-refractivity contribution in [2.75, 3.05) is 0 Å². The fourth-order valence-electron chi connectivity index (χ4n) is 3.12. The molecule has 0 aromatic heterocycles. The van der Waals surface area contributed by atoms with Gasteiger partial charge >= 0.3 is 0 Å². The fraction of sp³-hybridized carbons (Fsp3) is 0.304. The monoisotopic (exact) mass is 392 g/mol. The second-order valence-corrected chi connectivity index (χ2v) is 7.40. The first-order chi connectivity index (χ1) is 14.0. The van der Waals surface area contributed by atoms with Crippen LogP contribution < -0.4 is 21.0 Å². The molecule has 1 fully saturated rings. The number of hydrogen-bond acceptors (Lipinski definition) is 5. The minimum Gasteiger partial charge on any atom is -0.491 e. The van der Waals surface area contributed by atoms with Crippen LogP contribution in [0.4, 0.5) is 0 Å². The van der Waals surface area contributed by atoms with Crippen molar-refractivity contribution in [2.24, 2.45) is 5.10 Å². The quantitative estimate of drug-likeness (QED) is 0.497. The van der Waals surface area contributed by atoms with Gasteiger partial charge in [-0.05, 0) is 56.0 Å². The highest BCUT2D eigenvalue weighted by atomic mass is 16.5. The summed E-state index contributed by atoms with van der Waals surface area (Å²) in [4.78, 5) is 12.4. The van der Waals surface area contributed by atoms with Crippen LogP contribution >= 0.6 is 0 Å². The van der Waals surface area contributed by atoms with E-state index in [1.54, 1.807) is 6.21 Å². The molecular weight excluding hydrogens is 364 g/mol. The van der Waals surface area contributed by atoms with E-state index >= 15 is 0 Å². The number of rotatable bonds is 7. The molecule has 0 bridgehead atoms. The van der Waals surface area contributed by atoms with Crippen molar-refractivity contribution < 1.29 is 9.53 Å². The maximum Gasteiger partial charge on any atom is 0.258 e. The molecule has 1 aliphatic heterocycles. The number of amides is 1. The van der Waals surface area contributed by atoms with E-state index < -0.39 is 0 Å². The average Bonchev–Trinajstić information content (AvgIpc) is 3.19. The summed E-state index contributed by atoms with van der Waals surface area (Å²) in [5, 5.41) is 4.07. The Labute approximate surface area is 172 Å². The number of hydrogen-bond donors (Lipinski definition) is 3. The zero-order valence-corrected chi connectivity index (χ0v) is 17.1. The minimum atomic E-state index is -0.345. The number of hydrazine groups is 1. The van der Waals surface area contributed by atoms with Crippen LogP contribution in [-0.2, 0) is 4.79 Å². The number of nitrogens with one attached hydrogen (secondary N) is 3. The largest absolute Gasteiger partial charge is 0.491 e. The van der Waals surface area contributed by atoms with E-state index in [9.17, 15) is 4.79 Å².